The molecule has 1 spiro atoms. The van der Waals surface area contributed by atoms with Gasteiger partial charge in [-0.25, -0.2) is 19.2 Å². The van der Waals surface area contributed by atoms with Crippen molar-refractivity contribution in [2.45, 2.75) is 93.0 Å². The van der Waals surface area contributed by atoms with Gasteiger partial charge in [-0.3, -0.25) is 14.4 Å². The highest BCUT2D eigenvalue weighted by Gasteiger charge is 2.72. The Kier molecular flexibility index (Phi) is 10.5. The van der Waals surface area contributed by atoms with Crippen LogP contribution in [0.15, 0.2) is 24.0 Å². The molecule has 2 bridgehead atoms. The van der Waals surface area contributed by atoms with Gasteiger partial charge in [-0.2, -0.15) is 0 Å². The summed E-state index contributed by atoms with van der Waals surface area (Å²) in [5.41, 5.74) is -0.733. The molecule has 0 aromatic heterocycles. The fraction of sp³-hybridized carbons (Fsp3) is 0.545. The van der Waals surface area contributed by atoms with Crippen molar-refractivity contribution in [1.82, 2.24) is 4.90 Å². The van der Waals surface area contributed by atoms with Gasteiger partial charge in [-0.15, -0.1) is 0 Å². The average molecular weight is 736 g/mol. The van der Waals surface area contributed by atoms with Crippen LogP contribution in [0.1, 0.15) is 50.2 Å². The van der Waals surface area contributed by atoms with E-state index in [0.717, 1.165) is 18.1 Å². The zero-order chi connectivity index (χ0) is 38.3. The number of rotatable bonds is 15. The summed E-state index contributed by atoms with van der Waals surface area (Å²) in [5.74, 6) is -10.1. The average Bonchev–Trinajstić information content (AvgIpc) is 3.42. The Labute approximate surface area is 294 Å². The smallest absolute Gasteiger partial charge is 0.348 e. The molecule has 2 aliphatic heterocycles. The number of carboxylic acids is 3. The van der Waals surface area contributed by atoms with Crippen molar-refractivity contribution in [1.29, 1.82) is 0 Å². The van der Waals surface area contributed by atoms with E-state index in [2.05, 4.69) is 9.64 Å². The molecule has 19 heteroatoms. The molecule has 0 amide bonds. The van der Waals surface area contributed by atoms with Gasteiger partial charge in [0.05, 0.1) is 37.4 Å². The predicted molar refractivity (Wildman–Crippen MR) is 166 cm³/mol. The number of aliphatic carboxylic acids is 3. The molecule has 0 radical (unpaired) electrons. The number of carbonyl (C=O) groups excluding carboxylic acids is 4. The summed E-state index contributed by atoms with van der Waals surface area (Å²) in [6.07, 6.45) is -10.4. The molecule has 1 aromatic rings. The summed E-state index contributed by atoms with van der Waals surface area (Å²) in [7, 11) is 3.37. The van der Waals surface area contributed by atoms with Gasteiger partial charge in [0.1, 0.15) is 5.76 Å². The maximum Gasteiger partial charge on any atom is 0.348 e. The van der Waals surface area contributed by atoms with Crippen LogP contribution in [0.3, 0.4) is 0 Å². The van der Waals surface area contributed by atoms with Gasteiger partial charge in [-0.1, -0.05) is 6.07 Å². The Morgan fingerprint density at radius 3 is 2.29 bits per heavy atom. The van der Waals surface area contributed by atoms with Crippen LogP contribution in [0.2, 0.25) is 0 Å². The summed E-state index contributed by atoms with van der Waals surface area (Å²) >= 11 is 0. The van der Waals surface area contributed by atoms with Crippen LogP contribution in [-0.2, 0) is 64.3 Å². The third kappa shape index (κ3) is 6.73. The number of methoxy groups -OCH3 is 1. The molecule has 1 fully saturated rings. The second-order valence-corrected chi connectivity index (χ2v) is 12.9. The summed E-state index contributed by atoms with van der Waals surface area (Å²) in [6, 6.07) is 3.34. The quantitative estimate of drug-likeness (QED) is 0.107. The molecular formula is C33H37NO18. The number of carboxylic acid groups (broad SMARTS) is 3. The summed E-state index contributed by atoms with van der Waals surface area (Å²) < 4.78 is 32.2. The lowest BCUT2D eigenvalue weighted by atomic mass is 9.50. The number of carbonyl (C=O) groups is 7. The van der Waals surface area contributed by atoms with Gasteiger partial charge < -0.3 is 58.9 Å². The molecule has 5 N–H and O–H groups in total. The van der Waals surface area contributed by atoms with Gasteiger partial charge in [0.15, 0.2) is 29.8 Å². The maximum atomic E-state index is 13.5. The molecule has 0 unspecified atom stereocenters. The van der Waals surface area contributed by atoms with E-state index in [-0.39, 0.29) is 18.2 Å². The molecule has 1 saturated heterocycles. The molecule has 8 atom stereocenters. The lowest BCUT2D eigenvalue weighted by Crippen LogP contribution is -2.74. The molecule has 1 aromatic carbocycles. The minimum Gasteiger partial charge on any atom is -0.493 e. The Morgan fingerprint density at radius 1 is 0.942 bits per heavy atom. The second kappa shape index (κ2) is 14.4. The van der Waals surface area contributed by atoms with Crippen LogP contribution >= 0.6 is 0 Å². The van der Waals surface area contributed by atoms with Gasteiger partial charge in [-0.05, 0) is 51.1 Å². The molecule has 5 rings (SSSR count). The SMILES string of the molecule is COc1ccc2c3c1O[C@H]1C(OC(=O)C[C@H](OC(=O)C[C@H](O)C(=O)O)C(=O)O[C@@H](C)C(=O)O[C@H](CC(=O)O)C(=O)O)=CC[C@@]4(O)[C@H](C2)N(C)CC[C@]314. The molecule has 282 valence electrons. The number of esters is 4. The molecule has 0 saturated carbocycles. The highest BCUT2D eigenvalue weighted by molar-refractivity contribution is 5.89. The molecule has 19 nitrogen and oxygen atoms in total. The van der Waals surface area contributed by atoms with Gasteiger partial charge in [0.2, 0.25) is 12.2 Å². The van der Waals surface area contributed by atoms with Crippen molar-refractivity contribution in [2.24, 2.45) is 0 Å². The van der Waals surface area contributed by atoms with Crippen molar-refractivity contribution in [3.8, 4) is 11.5 Å². The number of nitrogens with zero attached hydrogens (tertiary/aromatic N) is 1. The van der Waals surface area contributed by atoms with E-state index in [4.69, 9.17) is 39.0 Å². The number of aliphatic hydroxyl groups is 2. The Bertz CT molecular complexity index is 1720. The first-order chi connectivity index (χ1) is 24.4. The number of benzene rings is 1. The van der Waals surface area contributed by atoms with E-state index < -0.39 is 103 Å². The van der Waals surface area contributed by atoms with Crippen LogP contribution in [-0.4, -0.2) is 135 Å². The summed E-state index contributed by atoms with van der Waals surface area (Å²) in [4.78, 5) is 86.9. The molecular weight excluding hydrogens is 698 g/mol. The highest BCUT2D eigenvalue weighted by Crippen LogP contribution is 2.65. The first kappa shape index (κ1) is 38.0. The third-order valence-corrected chi connectivity index (χ3v) is 9.84. The lowest BCUT2D eigenvalue weighted by Gasteiger charge is -2.61. The van der Waals surface area contributed by atoms with Gasteiger partial charge in [0.25, 0.3) is 0 Å². The first-order valence-electron chi connectivity index (χ1n) is 16.1. The molecule has 2 aliphatic carbocycles. The fourth-order valence-corrected chi connectivity index (χ4v) is 7.41. The van der Waals surface area contributed by atoms with Crippen LogP contribution in [0, 0.1) is 0 Å². The van der Waals surface area contributed by atoms with Crippen LogP contribution < -0.4 is 9.47 Å². The minimum absolute atomic E-state index is 0.0149. The first-order valence-corrected chi connectivity index (χ1v) is 16.1. The van der Waals surface area contributed by atoms with E-state index in [9.17, 15) is 43.8 Å². The Balaban J connectivity index is 1.37. The van der Waals surface area contributed by atoms with Crippen LogP contribution in [0.25, 0.3) is 0 Å². The standard InChI is InChI=1S/C33H37NO18/c1-14(30(44)51-19(29(42)43)12-22(36)37)48-31(45)20(50-23(38)11-16(35)28(40)41)13-24(39)49-18-6-7-33(46)21-10-15-4-5-17(47-3)26-25(15)32(33,27(18)52-26)8-9-34(21)2/h4-6,14,16,19-21,27,35,46H,7-13H2,1-3H3,(H,36,37)(H,40,41)(H,42,43)/t14-,16-,19+,20-,21-,27-,32-,33+/m0/s1. The van der Waals surface area contributed by atoms with E-state index >= 15 is 0 Å². The normalized spacial score (nSPS) is 26.1. The number of piperidine rings is 1. The second-order valence-electron chi connectivity index (χ2n) is 12.9. The maximum absolute atomic E-state index is 13.5. The van der Waals surface area contributed by atoms with Crippen molar-refractivity contribution in [3.63, 3.8) is 0 Å². The van der Waals surface area contributed by atoms with Crippen LogP contribution in [0.5, 0.6) is 11.5 Å². The summed E-state index contributed by atoms with van der Waals surface area (Å²) in [5, 5.41) is 48.9. The van der Waals surface area contributed by atoms with E-state index in [1.807, 2.05) is 13.1 Å². The lowest BCUT2D eigenvalue weighted by molar-refractivity contribution is -0.185. The third-order valence-electron chi connectivity index (χ3n) is 9.84. The topological polar surface area (TPSA) is 279 Å². The summed E-state index contributed by atoms with van der Waals surface area (Å²) in [6.45, 7) is 1.50. The Hall–Kier alpha value is -5.27. The van der Waals surface area contributed by atoms with Crippen molar-refractivity contribution in [2.75, 3.05) is 20.7 Å². The molecule has 52 heavy (non-hydrogen) atoms. The largest absolute Gasteiger partial charge is 0.493 e. The number of ether oxygens (including phenoxy) is 6. The van der Waals surface area contributed by atoms with Gasteiger partial charge in [0, 0.05) is 18.0 Å². The number of likely N-dealkylation sites (tertiary alicyclic amines) is 1. The zero-order valence-corrected chi connectivity index (χ0v) is 28.1. The number of hydrogen-bond donors (Lipinski definition) is 5. The Morgan fingerprint density at radius 2 is 1.65 bits per heavy atom. The van der Waals surface area contributed by atoms with E-state index in [1.165, 1.54) is 13.2 Å². The monoisotopic (exact) mass is 735 g/mol. The van der Waals surface area contributed by atoms with Crippen molar-refractivity contribution >= 4 is 41.8 Å². The van der Waals surface area contributed by atoms with Crippen molar-refractivity contribution in [3.05, 3.63) is 35.1 Å². The predicted octanol–water partition coefficient (Wildman–Crippen LogP) is -0.944. The number of aliphatic hydroxyl groups excluding tert-OH is 1. The van der Waals surface area contributed by atoms with Crippen LogP contribution in [0.4, 0.5) is 0 Å². The van der Waals surface area contributed by atoms with Crippen molar-refractivity contribution < 1.29 is 87.5 Å². The highest BCUT2D eigenvalue weighted by atomic mass is 16.6. The number of hydrogen-bond acceptors (Lipinski definition) is 16. The molecule has 4 aliphatic rings. The van der Waals surface area contributed by atoms with Gasteiger partial charge >= 0.3 is 41.8 Å². The zero-order valence-electron chi connectivity index (χ0n) is 28.1. The number of likely N-dealkylation sites (N-methyl/N-ethyl adjacent to an activating group) is 1. The fourth-order valence-electron chi connectivity index (χ4n) is 7.41. The van der Waals surface area contributed by atoms with E-state index in [0.29, 0.717) is 30.9 Å². The van der Waals surface area contributed by atoms with E-state index in [1.54, 1.807) is 6.07 Å². The molecule has 2 heterocycles. The minimum atomic E-state index is -2.24.